The van der Waals surface area contributed by atoms with Crippen molar-refractivity contribution < 1.29 is 0 Å². The van der Waals surface area contributed by atoms with Crippen molar-refractivity contribution in [1.29, 1.82) is 0 Å². The molecule has 0 atom stereocenters. The Morgan fingerprint density at radius 3 is 2.92 bits per heavy atom. The number of nitrogen functional groups attached to an aromatic ring is 1. The lowest BCUT2D eigenvalue weighted by molar-refractivity contribution is 0.659. The number of fused-ring (bicyclic) bond motifs is 3. The van der Waals surface area contributed by atoms with Gasteiger partial charge >= 0.3 is 0 Å². The SMILES string of the molecule is Cc1nc2nc(NCCCn3ccnc3)nc(N)c2c2c1CCC2. The highest BCUT2D eigenvalue weighted by Crippen LogP contribution is 2.33. The van der Waals surface area contributed by atoms with Gasteiger partial charge in [-0.2, -0.15) is 9.97 Å². The molecule has 0 saturated heterocycles. The first-order valence-electron chi connectivity index (χ1n) is 8.37. The fourth-order valence-electron chi connectivity index (χ4n) is 3.44. The molecule has 0 bridgehead atoms. The van der Waals surface area contributed by atoms with Crippen LogP contribution in [-0.4, -0.2) is 31.0 Å². The molecular formula is C17H21N7. The van der Waals surface area contributed by atoms with E-state index in [-0.39, 0.29) is 0 Å². The first-order valence-corrected chi connectivity index (χ1v) is 8.37. The Hall–Kier alpha value is -2.70. The van der Waals surface area contributed by atoms with E-state index < -0.39 is 0 Å². The van der Waals surface area contributed by atoms with E-state index in [2.05, 4.69) is 32.2 Å². The van der Waals surface area contributed by atoms with Crippen molar-refractivity contribution in [3.05, 3.63) is 35.5 Å². The van der Waals surface area contributed by atoms with Crippen LogP contribution >= 0.6 is 0 Å². The molecule has 4 rings (SSSR count). The number of rotatable bonds is 5. The summed E-state index contributed by atoms with van der Waals surface area (Å²) in [6.45, 7) is 3.73. The summed E-state index contributed by atoms with van der Waals surface area (Å²) in [7, 11) is 0. The van der Waals surface area contributed by atoms with Gasteiger partial charge in [-0.15, -0.1) is 0 Å². The molecule has 3 aromatic heterocycles. The van der Waals surface area contributed by atoms with Crippen LogP contribution in [-0.2, 0) is 19.4 Å². The van der Waals surface area contributed by atoms with Crippen molar-refractivity contribution in [3.63, 3.8) is 0 Å². The zero-order chi connectivity index (χ0) is 16.5. The summed E-state index contributed by atoms with van der Waals surface area (Å²) in [5, 5.41) is 4.19. The molecule has 0 amide bonds. The molecule has 0 unspecified atom stereocenters. The van der Waals surface area contributed by atoms with Crippen molar-refractivity contribution in [1.82, 2.24) is 24.5 Å². The molecular weight excluding hydrogens is 302 g/mol. The van der Waals surface area contributed by atoms with Crippen LogP contribution in [0.4, 0.5) is 11.8 Å². The molecule has 24 heavy (non-hydrogen) atoms. The summed E-state index contributed by atoms with van der Waals surface area (Å²) in [6.07, 6.45) is 9.79. The normalized spacial score (nSPS) is 13.4. The number of nitrogens with two attached hydrogens (primary N) is 1. The lowest BCUT2D eigenvalue weighted by Gasteiger charge is -2.12. The Bertz CT molecular complexity index is 871. The number of anilines is 2. The Morgan fingerprint density at radius 2 is 2.08 bits per heavy atom. The quantitative estimate of drug-likeness (QED) is 0.698. The van der Waals surface area contributed by atoms with Crippen molar-refractivity contribution in [3.8, 4) is 0 Å². The molecule has 0 saturated carbocycles. The summed E-state index contributed by atoms with van der Waals surface area (Å²) in [5.41, 5.74) is 10.6. The number of hydrogen-bond acceptors (Lipinski definition) is 6. The first-order chi connectivity index (χ1) is 11.7. The number of nitrogens with zero attached hydrogens (tertiary/aromatic N) is 5. The van der Waals surface area contributed by atoms with E-state index in [1.165, 1.54) is 11.1 Å². The van der Waals surface area contributed by atoms with E-state index in [0.717, 1.165) is 49.9 Å². The third-order valence-electron chi connectivity index (χ3n) is 4.58. The standard InChI is InChI=1S/C17H21N7/c1-11-12-4-2-5-13(12)14-15(18)22-17(23-16(14)21-11)20-6-3-8-24-9-7-19-10-24/h7,9-10H,2-6,8H2,1H3,(H3,18,20,21,22,23). The second kappa shape index (κ2) is 6.07. The van der Waals surface area contributed by atoms with Gasteiger partial charge in [0.15, 0.2) is 5.65 Å². The number of aryl methyl sites for hydroxylation is 3. The summed E-state index contributed by atoms with van der Waals surface area (Å²) in [5.74, 6) is 1.08. The van der Waals surface area contributed by atoms with Gasteiger partial charge in [0.25, 0.3) is 0 Å². The maximum Gasteiger partial charge on any atom is 0.226 e. The van der Waals surface area contributed by atoms with Crippen LogP contribution in [0.3, 0.4) is 0 Å². The van der Waals surface area contributed by atoms with Crippen LogP contribution in [0.15, 0.2) is 18.7 Å². The van der Waals surface area contributed by atoms with Crippen LogP contribution in [0.2, 0.25) is 0 Å². The first kappa shape index (κ1) is 14.9. The Kier molecular flexibility index (Phi) is 3.76. The van der Waals surface area contributed by atoms with Gasteiger partial charge in [-0.05, 0) is 43.7 Å². The highest BCUT2D eigenvalue weighted by molar-refractivity contribution is 5.91. The van der Waals surface area contributed by atoms with E-state index in [1.807, 2.05) is 17.1 Å². The van der Waals surface area contributed by atoms with Gasteiger partial charge in [-0.3, -0.25) is 0 Å². The summed E-state index contributed by atoms with van der Waals surface area (Å²) in [6, 6.07) is 0. The topological polar surface area (TPSA) is 94.5 Å². The van der Waals surface area contributed by atoms with Crippen LogP contribution < -0.4 is 11.1 Å². The Balaban J connectivity index is 1.53. The second-order valence-corrected chi connectivity index (χ2v) is 6.22. The zero-order valence-corrected chi connectivity index (χ0v) is 13.8. The van der Waals surface area contributed by atoms with Crippen molar-refractivity contribution in [2.45, 2.75) is 39.2 Å². The van der Waals surface area contributed by atoms with Gasteiger partial charge in [0.05, 0.1) is 11.7 Å². The Labute approximate surface area is 140 Å². The number of imidazole rings is 1. The van der Waals surface area contributed by atoms with E-state index in [0.29, 0.717) is 17.4 Å². The number of nitrogens with one attached hydrogen (secondary N) is 1. The predicted octanol–water partition coefficient (Wildman–Crippen LogP) is 2.10. The third kappa shape index (κ3) is 2.66. The molecule has 3 heterocycles. The van der Waals surface area contributed by atoms with Gasteiger partial charge in [-0.25, -0.2) is 9.97 Å². The van der Waals surface area contributed by atoms with Gasteiger partial charge < -0.3 is 15.6 Å². The molecule has 0 spiro atoms. The lowest BCUT2D eigenvalue weighted by atomic mass is 10.1. The molecule has 1 aliphatic rings. The maximum absolute atomic E-state index is 6.22. The minimum absolute atomic E-state index is 0.530. The van der Waals surface area contributed by atoms with E-state index in [1.54, 1.807) is 6.20 Å². The average Bonchev–Trinajstić information content (AvgIpc) is 3.23. The number of aromatic nitrogens is 5. The fourth-order valence-corrected chi connectivity index (χ4v) is 3.44. The molecule has 7 nitrogen and oxygen atoms in total. The molecule has 124 valence electrons. The molecule has 0 aliphatic heterocycles. The average molecular weight is 323 g/mol. The highest BCUT2D eigenvalue weighted by atomic mass is 15.1. The molecule has 0 fully saturated rings. The largest absolute Gasteiger partial charge is 0.383 e. The fraction of sp³-hybridized carbons (Fsp3) is 0.412. The smallest absolute Gasteiger partial charge is 0.226 e. The molecule has 0 radical (unpaired) electrons. The summed E-state index contributed by atoms with van der Waals surface area (Å²) in [4.78, 5) is 17.7. The van der Waals surface area contributed by atoms with Gasteiger partial charge in [0.2, 0.25) is 5.95 Å². The highest BCUT2D eigenvalue weighted by Gasteiger charge is 2.21. The second-order valence-electron chi connectivity index (χ2n) is 6.22. The minimum atomic E-state index is 0.530. The molecule has 7 heteroatoms. The minimum Gasteiger partial charge on any atom is -0.383 e. The Morgan fingerprint density at radius 1 is 1.21 bits per heavy atom. The lowest BCUT2D eigenvalue weighted by Crippen LogP contribution is -2.11. The van der Waals surface area contributed by atoms with Crippen molar-refractivity contribution >= 4 is 22.8 Å². The zero-order valence-electron chi connectivity index (χ0n) is 13.8. The van der Waals surface area contributed by atoms with Crippen LogP contribution in [0.5, 0.6) is 0 Å². The third-order valence-corrected chi connectivity index (χ3v) is 4.58. The van der Waals surface area contributed by atoms with Gasteiger partial charge in [0.1, 0.15) is 5.82 Å². The molecule has 3 N–H and O–H groups in total. The van der Waals surface area contributed by atoms with Crippen molar-refractivity contribution in [2.24, 2.45) is 0 Å². The van der Waals surface area contributed by atoms with E-state index in [4.69, 9.17) is 5.73 Å². The number of hydrogen-bond donors (Lipinski definition) is 2. The summed E-state index contributed by atoms with van der Waals surface area (Å²) >= 11 is 0. The van der Waals surface area contributed by atoms with Crippen LogP contribution in [0, 0.1) is 6.92 Å². The van der Waals surface area contributed by atoms with E-state index >= 15 is 0 Å². The molecule has 3 aromatic rings. The van der Waals surface area contributed by atoms with Crippen molar-refractivity contribution in [2.75, 3.05) is 17.6 Å². The van der Waals surface area contributed by atoms with Crippen LogP contribution in [0.25, 0.3) is 11.0 Å². The molecule has 0 aromatic carbocycles. The summed E-state index contributed by atoms with van der Waals surface area (Å²) < 4.78 is 2.05. The maximum atomic E-state index is 6.22. The van der Waals surface area contributed by atoms with Crippen LogP contribution in [0.1, 0.15) is 29.7 Å². The van der Waals surface area contributed by atoms with E-state index in [9.17, 15) is 0 Å². The van der Waals surface area contributed by atoms with Gasteiger partial charge in [0, 0.05) is 31.2 Å². The predicted molar refractivity (Wildman–Crippen MR) is 93.8 cm³/mol. The van der Waals surface area contributed by atoms with Gasteiger partial charge in [-0.1, -0.05) is 0 Å². The molecule has 1 aliphatic carbocycles. The number of pyridine rings is 1. The monoisotopic (exact) mass is 323 g/mol.